The third kappa shape index (κ3) is 3.95. The van der Waals surface area contributed by atoms with Crippen LogP contribution < -0.4 is 5.73 Å². The Hall–Kier alpha value is -1.06. The minimum Gasteiger partial charge on any atom is -0.399 e. The Labute approximate surface area is 115 Å². The topological polar surface area (TPSA) is 55.5 Å². The highest BCUT2D eigenvalue weighted by Gasteiger charge is 2.25. The van der Waals surface area contributed by atoms with Gasteiger partial charge in [0.25, 0.3) is 0 Å². The lowest BCUT2D eigenvalue weighted by Gasteiger charge is -2.31. The third-order valence-electron chi connectivity index (χ3n) is 4.13. The number of benzene rings is 1. The second-order valence-electron chi connectivity index (χ2n) is 5.51. The summed E-state index contributed by atoms with van der Waals surface area (Å²) in [6.07, 6.45) is 5.85. The van der Waals surface area contributed by atoms with Crippen molar-refractivity contribution in [3.05, 3.63) is 29.8 Å². The van der Waals surface area contributed by atoms with Gasteiger partial charge in [0.1, 0.15) is 6.10 Å². The molecular weight excluding hydrogens is 238 g/mol. The molecule has 0 saturated heterocycles. The molecule has 0 heterocycles. The number of nitrogen functional groups attached to an aromatic ring is 1. The van der Waals surface area contributed by atoms with Gasteiger partial charge in [0.05, 0.1) is 12.7 Å². The number of ether oxygens (including phenoxy) is 1. The van der Waals surface area contributed by atoms with Crippen molar-refractivity contribution in [2.45, 2.75) is 51.2 Å². The predicted octanol–water partition coefficient (Wildman–Crippen LogP) is 3.29. The van der Waals surface area contributed by atoms with Crippen LogP contribution in [0.25, 0.3) is 0 Å². The smallest absolute Gasteiger partial charge is 0.102 e. The maximum atomic E-state index is 10.2. The highest BCUT2D eigenvalue weighted by Crippen LogP contribution is 2.30. The molecule has 0 aromatic heterocycles. The van der Waals surface area contributed by atoms with Gasteiger partial charge in [0.2, 0.25) is 0 Å². The first-order chi connectivity index (χ1) is 9.20. The van der Waals surface area contributed by atoms with E-state index in [1.54, 1.807) is 0 Å². The largest absolute Gasteiger partial charge is 0.399 e. The summed E-state index contributed by atoms with van der Waals surface area (Å²) < 4.78 is 5.95. The van der Waals surface area contributed by atoms with E-state index < -0.39 is 6.10 Å². The molecule has 0 aliphatic heterocycles. The summed E-state index contributed by atoms with van der Waals surface area (Å²) in [6.45, 7) is 2.59. The standard InChI is InChI=1S/C16H25NO2/c1-2-12-6-3-4-9-16(12)19-11-15(18)13-7-5-8-14(17)10-13/h5,7-8,10,12,15-16,18H,2-4,6,9,11,17H2,1H3. The van der Waals surface area contributed by atoms with Gasteiger partial charge in [-0.3, -0.25) is 0 Å². The average Bonchev–Trinajstić information content (AvgIpc) is 2.45. The fourth-order valence-electron chi connectivity index (χ4n) is 2.94. The molecular formula is C16H25NO2. The number of anilines is 1. The first-order valence-corrected chi connectivity index (χ1v) is 7.35. The summed E-state index contributed by atoms with van der Waals surface area (Å²) in [5.41, 5.74) is 7.25. The van der Waals surface area contributed by atoms with Gasteiger partial charge in [-0.15, -0.1) is 0 Å². The zero-order valence-corrected chi connectivity index (χ0v) is 11.7. The van der Waals surface area contributed by atoms with E-state index in [0.29, 0.717) is 24.3 Å². The van der Waals surface area contributed by atoms with Crippen molar-refractivity contribution in [2.75, 3.05) is 12.3 Å². The van der Waals surface area contributed by atoms with Crippen molar-refractivity contribution >= 4 is 5.69 Å². The number of aliphatic hydroxyl groups is 1. The van der Waals surface area contributed by atoms with E-state index in [1.807, 2.05) is 24.3 Å². The highest BCUT2D eigenvalue weighted by molar-refractivity contribution is 5.41. The fraction of sp³-hybridized carbons (Fsp3) is 0.625. The van der Waals surface area contributed by atoms with Crippen LogP contribution in [0.5, 0.6) is 0 Å². The van der Waals surface area contributed by atoms with Crippen molar-refractivity contribution < 1.29 is 9.84 Å². The van der Waals surface area contributed by atoms with Gasteiger partial charge in [-0.25, -0.2) is 0 Å². The van der Waals surface area contributed by atoms with Gasteiger partial charge in [0.15, 0.2) is 0 Å². The molecule has 0 bridgehead atoms. The van der Waals surface area contributed by atoms with Crippen molar-refractivity contribution in [3.8, 4) is 0 Å². The Bertz CT molecular complexity index is 394. The predicted molar refractivity (Wildman–Crippen MR) is 77.8 cm³/mol. The molecule has 3 atom stereocenters. The summed E-state index contributed by atoms with van der Waals surface area (Å²) in [5.74, 6) is 0.654. The van der Waals surface area contributed by atoms with Crippen LogP contribution in [0.2, 0.25) is 0 Å². The normalized spacial score (nSPS) is 25.2. The lowest BCUT2D eigenvalue weighted by Crippen LogP contribution is -2.28. The van der Waals surface area contributed by atoms with Gasteiger partial charge in [-0.2, -0.15) is 0 Å². The van der Waals surface area contributed by atoms with Crippen LogP contribution in [0.15, 0.2) is 24.3 Å². The molecule has 19 heavy (non-hydrogen) atoms. The molecule has 1 fully saturated rings. The van der Waals surface area contributed by atoms with Gasteiger partial charge in [0, 0.05) is 5.69 Å². The van der Waals surface area contributed by atoms with Crippen molar-refractivity contribution in [1.29, 1.82) is 0 Å². The van der Waals surface area contributed by atoms with Crippen LogP contribution in [0.4, 0.5) is 5.69 Å². The van der Waals surface area contributed by atoms with E-state index in [0.717, 1.165) is 12.0 Å². The summed E-state index contributed by atoms with van der Waals surface area (Å²) in [6, 6.07) is 7.39. The number of hydrogen-bond acceptors (Lipinski definition) is 3. The minimum atomic E-state index is -0.581. The molecule has 1 aromatic rings. The number of hydrogen-bond donors (Lipinski definition) is 2. The van der Waals surface area contributed by atoms with Gasteiger partial charge >= 0.3 is 0 Å². The second kappa shape index (κ2) is 6.92. The number of rotatable bonds is 5. The van der Waals surface area contributed by atoms with Gasteiger partial charge in [-0.1, -0.05) is 38.3 Å². The van der Waals surface area contributed by atoms with E-state index in [9.17, 15) is 5.11 Å². The molecule has 1 aromatic carbocycles. The first kappa shape index (κ1) is 14.4. The summed E-state index contributed by atoms with van der Waals surface area (Å²) in [5, 5.41) is 10.2. The third-order valence-corrected chi connectivity index (χ3v) is 4.13. The summed E-state index contributed by atoms with van der Waals surface area (Å²) >= 11 is 0. The van der Waals surface area contributed by atoms with Crippen molar-refractivity contribution in [3.63, 3.8) is 0 Å². The van der Waals surface area contributed by atoms with Crippen LogP contribution in [0.3, 0.4) is 0 Å². The minimum absolute atomic E-state index is 0.314. The number of aliphatic hydroxyl groups excluding tert-OH is 1. The maximum Gasteiger partial charge on any atom is 0.102 e. The average molecular weight is 263 g/mol. The SMILES string of the molecule is CCC1CCCCC1OCC(O)c1cccc(N)c1. The Morgan fingerprint density at radius 3 is 2.89 bits per heavy atom. The quantitative estimate of drug-likeness (QED) is 0.801. The fourth-order valence-corrected chi connectivity index (χ4v) is 2.94. The zero-order chi connectivity index (χ0) is 13.7. The molecule has 1 saturated carbocycles. The molecule has 0 spiro atoms. The Kier molecular flexibility index (Phi) is 5.23. The zero-order valence-electron chi connectivity index (χ0n) is 11.7. The molecule has 3 heteroatoms. The molecule has 106 valence electrons. The summed E-state index contributed by atoms with van der Waals surface area (Å²) in [7, 11) is 0. The van der Waals surface area contributed by atoms with E-state index >= 15 is 0 Å². The summed E-state index contributed by atoms with van der Waals surface area (Å²) in [4.78, 5) is 0. The van der Waals surface area contributed by atoms with Crippen LogP contribution in [-0.2, 0) is 4.74 Å². The maximum absolute atomic E-state index is 10.2. The lowest BCUT2D eigenvalue weighted by atomic mass is 9.85. The Morgan fingerprint density at radius 1 is 1.37 bits per heavy atom. The highest BCUT2D eigenvalue weighted by atomic mass is 16.5. The van der Waals surface area contributed by atoms with Crippen LogP contribution in [0, 0.1) is 5.92 Å². The number of nitrogens with two attached hydrogens (primary N) is 1. The molecule has 0 radical (unpaired) electrons. The molecule has 2 rings (SSSR count). The van der Waals surface area contributed by atoms with E-state index in [2.05, 4.69) is 6.92 Å². The molecule has 3 N–H and O–H groups in total. The molecule has 0 amide bonds. The molecule has 3 unspecified atom stereocenters. The molecule has 1 aliphatic carbocycles. The monoisotopic (exact) mass is 263 g/mol. The van der Waals surface area contributed by atoms with E-state index in [1.165, 1.54) is 25.7 Å². The van der Waals surface area contributed by atoms with Crippen molar-refractivity contribution in [2.24, 2.45) is 5.92 Å². The van der Waals surface area contributed by atoms with Gasteiger partial charge in [-0.05, 0) is 36.5 Å². The van der Waals surface area contributed by atoms with E-state index in [-0.39, 0.29) is 0 Å². The Balaban J connectivity index is 1.87. The van der Waals surface area contributed by atoms with Crippen LogP contribution in [0.1, 0.15) is 50.7 Å². The van der Waals surface area contributed by atoms with Crippen molar-refractivity contribution in [1.82, 2.24) is 0 Å². The van der Waals surface area contributed by atoms with Crippen LogP contribution in [-0.4, -0.2) is 17.8 Å². The first-order valence-electron chi connectivity index (χ1n) is 7.35. The lowest BCUT2D eigenvalue weighted by molar-refractivity contribution is -0.0514. The molecule has 3 nitrogen and oxygen atoms in total. The molecule has 1 aliphatic rings. The van der Waals surface area contributed by atoms with E-state index in [4.69, 9.17) is 10.5 Å². The second-order valence-corrected chi connectivity index (χ2v) is 5.51. The van der Waals surface area contributed by atoms with Gasteiger partial charge < -0.3 is 15.6 Å². The van der Waals surface area contributed by atoms with Crippen LogP contribution >= 0.6 is 0 Å². The Morgan fingerprint density at radius 2 is 2.16 bits per heavy atom.